The van der Waals surface area contributed by atoms with Crippen LogP contribution in [0.2, 0.25) is 0 Å². The molecule has 0 aromatic rings. The highest BCUT2D eigenvalue weighted by Gasteiger charge is 2.18. The lowest BCUT2D eigenvalue weighted by Crippen LogP contribution is -2.45. The number of aliphatic hydroxyl groups is 2. The third-order valence-electron chi connectivity index (χ3n) is 17.6. The first-order chi connectivity index (χ1) is 39.5. The number of amides is 1. The minimum atomic E-state index is -0.842. The van der Waals surface area contributed by atoms with Gasteiger partial charge >= 0.3 is 5.97 Å². The topological polar surface area (TPSA) is 95.9 Å². The molecule has 3 N–H and O–H groups in total. The van der Waals surface area contributed by atoms with E-state index in [4.69, 9.17) is 4.74 Å². The van der Waals surface area contributed by atoms with Crippen molar-refractivity contribution in [2.75, 3.05) is 13.2 Å². The molecule has 80 heavy (non-hydrogen) atoms. The van der Waals surface area contributed by atoms with E-state index in [1.54, 1.807) is 6.08 Å². The summed E-state index contributed by atoms with van der Waals surface area (Å²) in [6, 6.07) is -0.625. The Hall–Kier alpha value is -1.40. The molecule has 0 spiro atoms. The maximum atomic E-state index is 12.5. The number of aliphatic hydroxyl groups excluding tert-OH is 2. The van der Waals surface area contributed by atoms with Crippen molar-refractivity contribution in [1.82, 2.24) is 5.32 Å². The summed E-state index contributed by atoms with van der Waals surface area (Å²) in [7, 11) is 0. The van der Waals surface area contributed by atoms with Gasteiger partial charge in [-0.3, -0.25) is 9.59 Å². The molecule has 6 nitrogen and oxygen atoms in total. The molecule has 0 rings (SSSR count). The average molecular weight is 1130 g/mol. The van der Waals surface area contributed by atoms with Crippen LogP contribution in [-0.4, -0.2) is 47.4 Å². The molecule has 0 saturated heterocycles. The smallest absolute Gasteiger partial charge is 0.305 e. The van der Waals surface area contributed by atoms with Crippen LogP contribution < -0.4 is 5.32 Å². The summed E-state index contributed by atoms with van der Waals surface area (Å²) in [6.45, 7) is 4.96. The Balaban J connectivity index is 3.34. The Kier molecular flexibility index (Phi) is 68.9. The van der Waals surface area contributed by atoms with Crippen LogP contribution in [0.1, 0.15) is 425 Å². The lowest BCUT2D eigenvalue weighted by molar-refractivity contribution is -0.143. The molecule has 0 fully saturated rings. The Morgan fingerprint density at radius 1 is 0.338 bits per heavy atom. The number of hydrogen-bond acceptors (Lipinski definition) is 5. The van der Waals surface area contributed by atoms with Gasteiger partial charge in [-0.15, -0.1) is 0 Å². The Morgan fingerprint density at radius 2 is 0.575 bits per heavy atom. The van der Waals surface area contributed by atoms with E-state index in [-0.39, 0.29) is 18.5 Å². The van der Waals surface area contributed by atoms with Crippen molar-refractivity contribution >= 4 is 11.9 Å². The first-order valence-corrected chi connectivity index (χ1v) is 37.0. The second kappa shape index (κ2) is 70.1. The first kappa shape index (κ1) is 78.6. The molecule has 476 valence electrons. The first-order valence-electron chi connectivity index (χ1n) is 37.0. The van der Waals surface area contributed by atoms with Gasteiger partial charge in [0.15, 0.2) is 0 Å². The summed E-state index contributed by atoms with van der Waals surface area (Å²) < 4.78 is 5.52. The quantitative estimate of drug-likeness (QED) is 0.0320. The van der Waals surface area contributed by atoms with Crippen LogP contribution in [0.4, 0.5) is 0 Å². The second-order valence-corrected chi connectivity index (χ2v) is 25.6. The highest BCUT2D eigenvalue weighted by molar-refractivity contribution is 5.76. The van der Waals surface area contributed by atoms with Gasteiger partial charge in [0.05, 0.1) is 25.4 Å². The van der Waals surface area contributed by atoms with Crippen LogP contribution in [0.15, 0.2) is 12.2 Å². The van der Waals surface area contributed by atoms with Crippen LogP contribution in [0, 0.1) is 0 Å². The van der Waals surface area contributed by atoms with Gasteiger partial charge in [0.1, 0.15) is 0 Å². The monoisotopic (exact) mass is 1130 g/mol. The van der Waals surface area contributed by atoms with Crippen LogP contribution in [0.3, 0.4) is 0 Å². The molecular weight excluding hydrogens is 983 g/mol. The zero-order chi connectivity index (χ0) is 57.8. The van der Waals surface area contributed by atoms with Crippen molar-refractivity contribution in [2.45, 2.75) is 437 Å². The molecule has 0 aliphatic carbocycles. The Labute approximate surface area is 501 Å². The van der Waals surface area contributed by atoms with E-state index in [2.05, 4.69) is 19.2 Å². The number of esters is 1. The predicted molar refractivity (Wildman–Crippen MR) is 352 cm³/mol. The van der Waals surface area contributed by atoms with E-state index in [1.807, 2.05) is 6.08 Å². The zero-order valence-corrected chi connectivity index (χ0v) is 54.6. The van der Waals surface area contributed by atoms with Crippen LogP contribution in [0.25, 0.3) is 0 Å². The van der Waals surface area contributed by atoms with Gasteiger partial charge in [-0.2, -0.15) is 0 Å². The third kappa shape index (κ3) is 65.7. The number of unbranched alkanes of at least 4 members (excludes halogenated alkanes) is 59. The Morgan fingerprint density at radius 3 is 0.850 bits per heavy atom. The average Bonchev–Trinajstić information content (AvgIpc) is 3.46. The van der Waals surface area contributed by atoms with Gasteiger partial charge in [0.25, 0.3) is 0 Å². The number of nitrogens with one attached hydrogen (secondary N) is 1. The van der Waals surface area contributed by atoms with Crippen LogP contribution in [-0.2, 0) is 14.3 Å². The van der Waals surface area contributed by atoms with Gasteiger partial charge < -0.3 is 20.3 Å². The number of carbonyl (C=O) groups is 2. The molecule has 0 aliphatic heterocycles. The zero-order valence-electron chi connectivity index (χ0n) is 54.6. The molecule has 0 saturated carbocycles. The van der Waals surface area contributed by atoms with Crippen LogP contribution >= 0.6 is 0 Å². The van der Waals surface area contributed by atoms with Gasteiger partial charge in [-0.1, -0.05) is 392 Å². The standard InChI is InChI=1S/C74H145NO5/c1-3-5-7-9-11-13-15-17-19-21-31-36-40-44-48-52-56-60-64-68-74(79)80-69-65-61-57-53-49-45-41-37-33-30-28-26-24-22-23-25-27-29-32-35-39-43-47-51-55-59-63-67-73(78)75-71(70-76)72(77)66-62-58-54-50-46-42-38-34-20-18-16-14-12-10-8-6-4-2/h62,66,71-72,76-77H,3-61,63-65,67-70H2,1-2H3,(H,75,78)/b66-62+. The lowest BCUT2D eigenvalue weighted by Gasteiger charge is -2.20. The molecule has 2 atom stereocenters. The maximum Gasteiger partial charge on any atom is 0.305 e. The van der Waals surface area contributed by atoms with E-state index < -0.39 is 12.1 Å². The Bertz CT molecular complexity index is 1210. The molecular formula is C74H145NO5. The molecule has 2 unspecified atom stereocenters. The summed E-state index contributed by atoms with van der Waals surface area (Å²) >= 11 is 0. The minimum Gasteiger partial charge on any atom is -0.466 e. The van der Waals surface area contributed by atoms with Crippen molar-refractivity contribution < 1.29 is 24.5 Å². The van der Waals surface area contributed by atoms with Gasteiger partial charge in [0, 0.05) is 12.8 Å². The highest BCUT2D eigenvalue weighted by Crippen LogP contribution is 2.20. The molecule has 0 aromatic heterocycles. The molecule has 0 aliphatic rings. The van der Waals surface area contributed by atoms with Gasteiger partial charge in [-0.05, 0) is 32.1 Å². The molecule has 0 bridgehead atoms. The molecule has 1 amide bonds. The third-order valence-corrected chi connectivity index (χ3v) is 17.6. The van der Waals surface area contributed by atoms with Crippen LogP contribution in [0.5, 0.6) is 0 Å². The largest absolute Gasteiger partial charge is 0.466 e. The number of carbonyl (C=O) groups excluding carboxylic acids is 2. The fourth-order valence-corrected chi connectivity index (χ4v) is 11.9. The molecule has 0 aromatic carbocycles. The van der Waals surface area contributed by atoms with E-state index in [1.165, 1.54) is 360 Å². The summed E-state index contributed by atoms with van der Waals surface area (Å²) in [5.74, 6) is -0.0377. The normalized spacial score (nSPS) is 12.5. The van der Waals surface area contributed by atoms with Crippen molar-refractivity contribution in [2.24, 2.45) is 0 Å². The molecule has 0 heterocycles. The number of ether oxygens (including phenoxy) is 1. The highest BCUT2D eigenvalue weighted by atomic mass is 16.5. The maximum absolute atomic E-state index is 12.5. The summed E-state index contributed by atoms with van der Waals surface area (Å²) in [5, 5.41) is 23.2. The van der Waals surface area contributed by atoms with E-state index in [0.29, 0.717) is 19.4 Å². The molecule has 0 radical (unpaired) electrons. The number of allylic oxidation sites excluding steroid dienone is 1. The van der Waals surface area contributed by atoms with E-state index in [0.717, 1.165) is 38.5 Å². The minimum absolute atomic E-state index is 0.0236. The van der Waals surface area contributed by atoms with Crippen molar-refractivity contribution in [3.8, 4) is 0 Å². The van der Waals surface area contributed by atoms with Crippen molar-refractivity contribution in [3.05, 3.63) is 12.2 Å². The molecule has 6 heteroatoms. The summed E-state index contributed by atoms with van der Waals surface area (Å²) in [5.41, 5.74) is 0. The summed E-state index contributed by atoms with van der Waals surface area (Å²) in [6.07, 6.45) is 87.3. The van der Waals surface area contributed by atoms with Gasteiger partial charge in [-0.25, -0.2) is 0 Å². The second-order valence-electron chi connectivity index (χ2n) is 25.6. The SMILES string of the molecule is CCCCCCCCCCCCCCCCC/C=C/C(O)C(CO)NC(=O)CCCCCCCCCCCCCCCCCCCCCCCCCCCCCOC(=O)CCCCCCCCCCCCCCCCCCCCC. The van der Waals surface area contributed by atoms with Crippen molar-refractivity contribution in [3.63, 3.8) is 0 Å². The van der Waals surface area contributed by atoms with Gasteiger partial charge in [0.2, 0.25) is 5.91 Å². The van der Waals surface area contributed by atoms with Crippen molar-refractivity contribution in [1.29, 1.82) is 0 Å². The number of rotatable bonds is 70. The summed E-state index contributed by atoms with van der Waals surface area (Å²) in [4.78, 5) is 24.6. The van der Waals surface area contributed by atoms with E-state index >= 15 is 0 Å². The fraction of sp³-hybridized carbons (Fsp3) is 0.946. The van der Waals surface area contributed by atoms with E-state index in [9.17, 15) is 19.8 Å². The number of hydrogen-bond donors (Lipinski definition) is 3. The predicted octanol–water partition coefficient (Wildman–Crippen LogP) is 23.9. The fourth-order valence-electron chi connectivity index (χ4n) is 11.9. The lowest BCUT2D eigenvalue weighted by atomic mass is 10.0.